The van der Waals surface area contributed by atoms with Crippen molar-refractivity contribution in [2.45, 2.75) is 18.5 Å². The van der Waals surface area contributed by atoms with Crippen molar-refractivity contribution in [3.05, 3.63) is 141 Å². The van der Waals surface area contributed by atoms with Crippen LogP contribution in [0, 0.1) is 3.57 Å². The molecule has 0 amide bonds. The summed E-state index contributed by atoms with van der Waals surface area (Å²) in [5.41, 5.74) is 11.7. The Balaban J connectivity index is 1.82. The largest absolute Gasteiger partial charge is 0.249 e. The summed E-state index contributed by atoms with van der Waals surface area (Å²) < 4.78 is 1.25. The van der Waals surface area contributed by atoms with Gasteiger partial charge in [0.2, 0.25) is 0 Å². The molecule has 1 unspecified atom stereocenters. The summed E-state index contributed by atoms with van der Waals surface area (Å²) in [5.74, 6) is 0. The van der Waals surface area contributed by atoms with E-state index in [-0.39, 0.29) is 6.04 Å². The molecular formula is C27H25IN2. The van der Waals surface area contributed by atoms with Gasteiger partial charge in [-0.3, -0.25) is 0 Å². The van der Waals surface area contributed by atoms with Gasteiger partial charge in [-0.1, -0.05) is 109 Å². The van der Waals surface area contributed by atoms with Crippen LogP contribution < -0.4 is 10.9 Å². The summed E-state index contributed by atoms with van der Waals surface area (Å²) >= 11 is 2.40. The van der Waals surface area contributed by atoms with E-state index in [2.05, 4.69) is 156 Å². The van der Waals surface area contributed by atoms with Crippen LogP contribution in [0.4, 0.5) is 0 Å². The summed E-state index contributed by atoms with van der Waals surface area (Å²) in [6.07, 6.45) is 0. The van der Waals surface area contributed by atoms with Crippen LogP contribution in [-0.2, 0) is 5.54 Å². The van der Waals surface area contributed by atoms with E-state index in [0.29, 0.717) is 0 Å². The summed E-state index contributed by atoms with van der Waals surface area (Å²) in [6.45, 7) is 2.19. The monoisotopic (exact) mass is 504 g/mol. The van der Waals surface area contributed by atoms with Crippen molar-refractivity contribution in [1.29, 1.82) is 0 Å². The second-order valence-electron chi connectivity index (χ2n) is 7.36. The van der Waals surface area contributed by atoms with Crippen LogP contribution >= 0.6 is 22.6 Å². The molecule has 2 nitrogen and oxygen atoms in total. The molecule has 30 heavy (non-hydrogen) atoms. The summed E-state index contributed by atoms with van der Waals surface area (Å²) in [6, 6.07) is 40.5. The Bertz CT molecular complexity index is 969. The fourth-order valence-electron chi connectivity index (χ4n) is 3.90. The first kappa shape index (κ1) is 20.8. The van der Waals surface area contributed by atoms with E-state index in [4.69, 9.17) is 0 Å². The smallest absolute Gasteiger partial charge is 0.107 e. The number of nitrogens with one attached hydrogen (secondary N) is 2. The van der Waals surface area contributed by atoms with Gasteiger partial charge in [-0.2, -0.15) is 0 Å². The number of rotatable bonds is 7. The van der Waals surface area contributed by atoms with Gasteiger partial charge in [-0.15, -0.1) is 0 Å². The first-order valence-electron chi connectivity index (χ1n) is 10.2. The van der Waals surface area contributed by atoms with Crippen LogP contribution in [0.2, 0.25) is 0 Å². The van der Waals surface area contributed by atoms with E-state index in [9.17, 15) is 0 Å². The minimum absolute atomic E-state index is 0.133. The fraction of sp³-hybridized carbons (Fsp3) is 0.111. The quantitative estimate of drug-likeness (QED) is 0.172. The SMILES string of the molecule is CC(NNC(c1ccccc1)(c1ccccc1)c1ccccc1)c1ccccc1I. The van der Waals surface area contributed by atoms with Gasteiger partial charge in [0.1, 0.15) is 5.54 Å². The van der Waals surface area contributed by atoms with Gasteiger partial charge in [0, 0.05) is 9.61 Å². The molecule has 0 aliphatic rings. The third-order valence-corrected chi connectivity index (χ3v) is 6.45. The van der Waals surface area contributed by atoms with Crippen molar-refractivity contribution in [3.63, 3.8) is 0 Å². The van der Waals surface area contributed by atoms with E-state index in [0.717, 1.165) is 0 Å². The minimum Gasteiger partial charge on any atom is -0.249 e. The van der Waals surface area contributed by atoms with E-state index in [1.807, 2.05) is 0 Å². The van der Waals surface area contributed by atoms with Gasteiger partial charge in [-0.25, -0.2) is 10.9 Å². The summed E-state index contributed by atoms with van der Waals surface area (Å²) in [5, 5.41) is 0. The van der Waals surface area contributed by atoms with Crippen LogP contribution in [0.3, 0.4) is 0 Å². The predicted octanol–water partition coefficient (Wildman–Crippen LogP) is 6.44. The highest BCUT2D eigenvalue weighted by Crippen LogP contribution is 2.36. The molecular weight excluding hydrogens is 479 g/mol. The lowest BCUT2D eigenvalue weighted by Crippen LogP contribution is -2.52. The minimum atomic E-state index is -0.530. The second-order valence-corrected chi connectivity index (χ2v) is 8.52. The molecule has 0 fully saturated rings. The molecule has 4 rings (SSSR count). The van der Waals surface area contributed by atoms with Crippen molar-refractivity contribution in [2.24, 2.45) is 0 Å². The third-order valence-electron chi connectivity index (χ3n) is 5.47. The number of hydrazine groups is 1. The van der Waals surface area contributed by atoms with Crippen LogP contribution in [0.5, 0.6) is 0 Å². The molecule has 0 aliphatic carbocycles. The molecule has 3 heteroatoms. The molecule has 0 bridgehead atoms. The topological polar surface area (TPSA) is 24.1 Å². The Morgan fingerprint density at radius 3 is 1.43 bits per heavy atom. The highest BCUT2D eigenvalue weighted by Gasteiger charge is 2.36. The molecule has 0 radical (unpaired) electrons. The standard InChI is InChI=1S/C27H25IN2/c1-21(25-19-11-12-20-26(25)28)29-30-27(22-13-5-2-6-14-22,23-15-7-3-8-16-23)24-17-9-4-10-18-24/h2-21,29-30H,1H3. The highest BCUT2D eigenvalue weighted by atomic mass is 127. The van der Waals surface area contributed by atoms with Crippen LogP contribution in [0.15, 0.2) is 115 Å². The molecule has 0 aromatic heterocycles. The molecule has 0 spiro atoms. The van der Waals surface area contributed by atoms with Crippen LogP contribution in [-0.4, -0.2) is 0 Å². The zero-order valence-corrected chi connectivity index (χ0v) is 19.1. The van der Waals surface area contributed by atoms with Gasteiger partial charge in [-0.05, 0) is 57.8 Å². The number of halogens is 1. The lowest BCUT2D eigenvalue weighted by molar-refractivity contribution is 0.354. The van der Waals surface area contributed by atoms with E-state index in [1.165, 1.54) is 25.8 Å². The Morgan fingerprint density at radius 2 is 1.00 bits per heavy atom. The Hall–Kier alpha value is -2.47. The first-order chi connectivity index (χ1) is 14.7. The number of hydrogen-bond donors (Lipinski definition) is 2. The fourth-order valence-corrected chi connectivity index (χ4v) is 4.76. The lowest BCUT2D eigenvalue weighted by atomic mass is 9.77. The van der Waals surface area contributed by atoms with Crippen molar-refractivity contribution in [1.82, 2.24) is 10.9 Å². The molecule has 1 atom stereocenters. The normalized spacial score (nSPS) is 12.5. The van der Waals surface area contributed by atoms with Crippen molar-refractivity contribution >= 4 is 22.6 Å². The van der Waals surface area contributed by atoms with Gasteiger partial charge >= 0.3 is 0 Å². The maximum atomic E-state index is 3.75. The molecule has 0 heterocycles. The van der Waals surface area contributed by atoms with Gasteiger partial charge in [0.15, 0.2) is 0 Å². The maximum Gasteiger partial charge on any atom is 0.107 e. The molecule has 0 saturated heterocycles. The van der Waals surface area contributed by atoms with Gasteiger partial charge < -0.3 is 0 Å². The number of hydrogen-bond acceptors (Lipinski definition) is 2. The van der Waals surface area contributed by atoms with Gasteiger partial charge in [0.25, 0.3) is 0 Å². The van der Waals surface area contributed by atoms with Crippen molar-refractivity contribution < 1.29 is 0 Å². The Morgan fingerprint density at radius 1 is 0.600 bits per heavy atom. The zero-order chi connectivity index (χ0) is 20.8. The van der Waals surface area contributed by atoms with Gasteiger partial charge in [0.05, 0.1) is 0 Å². The third kappa shape index (κ3) is 4.19. The Kier molecular flexibility index (Phi) is 6.62. The van der Waals surface area contributed by atoms with E-state index >= 15 is 0 Å². The molecule has 2 N–H and O–H groups in total. The average molecular weight is 504 g/mol. The van der Waals surface area contributed by atoms with Crippen molar-refractivity contribution in [2.75, 3.05) is 0 Å². The van der Waals surface area contributed by atoms with E-state index in [1.54, 1.807) is 0 Å². The average Bonchev–Trinajstić information content (AvgIpc) is 2.82. The summed E-state index contributed by atoms with van der Waals surface area (Å²) in [7, 11) is 0. The molecule has 4 aromatic carbocycles. The molecule has 150 valence electrons. The van der Waals surface area contributed by atoms with Crippen LogP contribution in [0.25, 0.3) is 0 Å². The highest BCUT2D eigenvalue weighted by molar-refractivity contribution is 14.1. The van der Waals surface area contributed by atoms with E-state index < -0.39 is 5.54 Å². The molecule has 0 aliphatic heterocycles. The summed E-state index contributed by atoms with van der Waals surface area (Å²) in [4.78, 5) is 0. The lowest BCUT2D eigenvalue weighted by Gasteiger charge is -2.38. The first-order valence-corrected chi connectivity index (χ1v) is 11.2. The van der Waals surface area contributed by atoms with Crippen molar-refractivity contribution in [3.8, 4) is 0 Å². The molecule has 0 saturated carbocycles. The van der Waals surface area contributed by atoms with Crippen LogP contribution in [0.1, 0.15) is 35.2 Å². The maximum absolute atomic E-state index is 3.75. The zero-order valence-electron chi connectivity index (χ0n) is 16.9. The Labute approximate surface area is 192 Å². The second kappa shape index (κ2) is 9.56. The molecule has 4 aromatic rings. The predicted molar refractivity (Wildman–Crippen MR) is 133 cm³/mol. The number of benzene rings is 4.